The average Bonchev–Trinajstić information content (AvgIpc) is 3.58. The third-order valence-electron chi connectivity index (χ3n) is 8.18. The van der Waals surface area contributed by atoms with Crippen LogP contribution in [0.5, 0.6) is 0 Å². The molecule has 6 rings (SSSR count). The van der Waals surface area contributed by atoms with Gasteiger partial charge in [0.05, 0.1) is 6.04 Å². The predicted molar refractivity (Wildman–Crippen MR) is 145 cm³/mol. The van der Waals surface area contributed by atoms with Crippen molar-refractivity contribution in [2.24, 2.45) is 4.99 Å². The van der Waals surface area contributed by atoms with Crippen LogP contribution in [-0.4, -0.2) is 69.5 Å². The van der Waals surface area contributed by atoms with Gasteiger partial charge in [0.25, 0.3) is 0 Å². The lowest BCUT2D eigenvalue weighted by Gasteiger charge is -2.45. The van der Waals surface area contributed by atoms with E-state index >= 15 is 4.39 Å². The molecule has 2 aromatic rings. The topological polar surface area (TPSA) is 35.0 Å². The van der Waals surface area contributed by atoms with Gasteiger partial charge in [-0.2, -0.15) is 0 Å². The van der Waals surface area contributed by atoms with Crippen LogP contribution in [0.1, 0.15) is 42.7 Å². The molecule has 0 aromatic carbocycles. The minimum Gasteiger partial charge on any atom is -0.373 e. The highest BCUT2D eigenvalue weighted by atomic mass is 32.1. The lowest BCUT2D eigenvalue weighted by atomic mass is 9.88. The number of pyridine rings is 1. The van der Waals surface area contributed by atoms with Gasteiger partial charge in [-0.1, -0.05) is 18.7 Å². The van der Waals surface area contributed by atoms with Crippen LogP contribution < -0.4 is 0 Å². The molecule has 4 aliphatic rings. The standard InChI is InChI=1S/C29H33F2N5S/c1-21(29(31)11-16-34(17-12-29)20-24-5-4-18-37-24)35-14-9-23(10-15-35)36-27-8-7-22(30)19-26(27)33-28(36)25-6-2-3-13-32-25/h2-8,13,18,23,26H,1,9-12,14-17,19-20H2. The van der Waals surface area contributed by atoms with Gasteiger partial charge in [0.2, 0.25) is 0 Å². The number of hydrogen-bond donors (Lipinski definition) is 0. The van der Waals surface area contributed by atoms with Gasteiger partial charge in [-0.25, -0.2) is 8.78 Å². The fraction of sp³-hybridized carbons (Fsp3) is 0.448. The van der Waals surface area contributed by atoms with Crippen LogP contribution in [0.25, 0.3) is 0 Å². The maximum atomic E-state index is 16.1. The monoisotopic (exact) mass is 521 g/mol. The SMILES string of the molecule is C=C(N1CCC(N2C3=CC=C(F)CC3N=C2c2ccccn2)CC1)C1(F)CCN(Cc2cccs2)CC1. The largest absolute Gasteiger partial charge is 0.373 e. The normalized spacial score (nSPS) is 24.4. The van der Waals surface area contributed by atoms with Gasteiger partial charge in [0, 0.05) is 67.7 Å². The molecule has 2 aromatic heterocycles. The Hall–Kier alpha value is -2.84. The lowest BCUT2D eigenvalue weighted by Crippen LogP contribution is -2.50. The van der Waals surface area contributed by atoms with E-state index in [4.69, 9.17) is 4.99 Å². The molecule has 1 atom stereocenters. The molecular formula is C29H33F2N5S. The molecule has 2 fully saturated rings. The first-order valence-electron chi connectivity index (χ1n) is 13.2. The molecule has 0 bridgehead atoms. The Morgan fingerprint density at radius 3 is 2.59 bits per heavy atom. The molecule has 5 nitrogen and oxygen atoms in total. The first-order valence-corrected chi connectivity index (χ1v) is 14.1. The van der Waals surface area contributed by atoms with Crippen molar-refractivity contribution in [3.63, 3.8) is 0 Å². The van der Waals surface area contributed by atoms with Gasteiger partial charge in [-0.3, -0.25) is 14.9 Å². The van der Waals surface area contributed by atoms with Crippen molar-refractivity contribution >= 4 is 17.2 Å². The maximum Gasteiger partial charge on any atom is 0.155 e. The number of fused-ring (bicyclic) bond motifs is 1. The third-order valence-corrected chi connectivity index (χ3v) is 9.04. The van der Waals surface area contributed by atoms with E-state index in [1.54, 1.807) is 23.6 Å². The number of amidine groups is 1. The van der Waals surface area contributed by atoms with E-state index in [1.165, 1.54) is 4.88 Å². The molecule has 0 spiro atoms. The first kappa shape index (κ1) is 24.5. The third kappa shape index (κ3) is 4.89. The minimum absolute atomic E-state index is 0.138. The van der Waals surface area contributed by atoms with E-state index in [0.29, 0.717) is 25.0 Å². The number of rotatable bonds is 6. The number of halogens is 2. The van der Waals surface area contributed by atoms with Gasteiger partial charge < -0.3 is 9.80 Å². The number of nitrogens with zero attached hydrogens (tertiary/aromatic N) is 5. The van der Waals surface area contributed by atoms with Crippen molar-refractivity contribution < 1.29 is 8.78 Å². The van der Waals surface area contributed by atoms with Crippen molar-refractivity contribution in [1.29, 1.82) is 0 Å². The summed E-state index contributed by atoms with van der Waals surface area (Å²) in [5.74, 6) is 0.679. The fourth-order valence-corrected chi connectivity index (χ4v) is 6.80. The Morgan fingerprint density at radius 1 is 1.08 bits per heavy atom. The van der Waals surface area contributed by atoms with Crippen molar-refractivity contribution in [2.45, 2.75) is 56.4 Å². The van der Waals surface area contributed by atoms with Crippen LogP contribution in [0.4, 0.5) is 8.78 Å². The van der Waals surface area contributed by atoms with E-state index in [0.717, 1.165) is 62.8 Å². The summed E-state index contributed by atoms with van der Waals surface area (Å²) in [7, 11) is 0. The second kappa shape index (κ2) is 10.1. The Balaban J connectivity index is 1.11. The molecule has 0 saturated carbocycles. The molecular weight excluding hydrogens is 488 g/mol. The molecule has 0 N–H and O–H groups in total. The summed E-state index contributed by atoms with van der Waals surface area (Å²) in [4.78, 5) is 17.5. The molecule has 1 unspecified atom stereocenters. The number of alkyl halides is 1. The fourth-order valence-electron chi connectivity index (χ4n) is 6.05. The Kier molecular flexibility index (Phi) is 6.71. The number of likely N-dealkylation sites (tertiary alicyclic amines) is 2. The highest BCUT2D eigenvalue weighted by molar-refractivity contribution is 7.09. The Labute approximate surface area is 221 Å². The van der Waals surface area contributed by atoms with E-state index in [-0.39, 0.29) is 17.9 Å². The number of allylic oxidation sites excluding steroid dienone is 3. The van der Waals surface area contributed by atoms with Crippen LogP contribution in [0.2, 0.25) is 0 Å². The smallest absolute Gasteiger partial charge is 0.155 e. The highest BCUT2D eigenvalue weighted by Gasteiger charge is 2.43. The summed E-state index contributed by atoms with van der Waals surface area (Å²) in [5.41, 5.74) is 1.15. The van der Waals surface area contributed by atoms with Gasteiger partial charge in [0.15, 0.2) is 11.5 Å². The van der Waals surface area contributed by atoms with Gasteiger partial charge in [-0.15, -0.1) is 11.3 Å². The molecule has 5 heterocycles. The highest BCUT2D eigenvalue weighted by Crippen LogP contribution is 2.39. The van der Waals surface area contributed by atoms with E-state index in [9.17, 15) is 4.39 Å². The van der Waals surface area contributed by atoms with Crippen LogP contribution in [-0.2, 0) is 6.54 Å². The van der Waals surface area contributed by atoms with E-state index in [1.807, 2.05) is 24.3 Å². The molecule has 37 heavy (non-hydrogen) atoms. The summed E-state index contributed by atoms with van der Waals surface area (Å²) in [5, 5.41) is 2.09. The van der Waals surface area contributed by atoms with Crippen molar-refractivity contribution in [3.05, 3.63) is 88.4 Å². The van der Waals surface area contributed by atoms with Crippen molar-refractivity contribution in [1.82, 2.24) is 19.7 Å². The zero-order valence-electron chi connectivity index (χ0n) is 21.0. The van der Waals surface area contributed by atoms with Gasteiger partial charge in [-0.05, 0) is 61.4 Å². The van der Waals surface area contributed by atoms with Crippen molar-refractivity contribution in [2.75, 3.05) is 26.2 Å². The van der Waals surface area contributed by atoms with Gasteiger partial charge >= 0.3 is 0 Å². The number of thiophene rings is 1. The van der Waals surface area contributed by atoms with Gasteiger partial charge in [0.1, 0.15) is 11.5 Å². The molecule has 0 radical (unpaired) electrons. The number of hydrogen-bond acceptors (Lipinski definition) is 6. The summed E-state index contributed by atoms with van der Waals surface area (Å²) < 4.78 is 30.1. The summed E-state index contributed by atoms with van der Waals surface area (Å²) in [6, 6.07) is 10.0. The molecule has 8 heteroatoms. The zero-order chi connectivity index (χ0) is 25.4. The summed E-state index contributed by atoms with van der Waals surface area (Å²) in [6.07, 6.45) is 8.20. The van der Waals surface area contributed by atoms with Crippen LogP contribution >= 0.6 is 11.3 Å². The second-order valence-electron chi connectivity index (χ2n) is 10.4. The number of piperidine rings is 2. The minimum atomic E-state index is -1.34. The summed E-state index contributed by atoms with van der Waals surface area (Å²) >= 11 is 1.76. The summed E-state index contributed by atoms with van der Waals surface area (Å²) in [6.45, 7) is 8.17. The molecule has 1 aliphatic carbocycles. The Morgan fingerprint density at radius 2 is 1.89 bits per heavy atom. The number of aliphatic imine (C=N–C) groups is 1. The first-order chi connectivity index (χ1) is 18.0. The Bertz CT molecular complexity index is 1210. The van der Waals surface area contributed by atoms with E-state index in [2.05, 4.69) is 43.8 Å². The lowest BCUT2D eigenvalue weighted by molar-refractivity contribution is 0.0515. The molecule has 2 saturated heterocycles. The molecule has 0 amide bonds. The van der Waals surface area contributed by atoms with Crippen LogP contribution in [0, 0.1) is 0 Å². The maximum absolute atomic E-state index is 16.1. The predicted octanol–water partition coefficient (Wildman–Crippen LogP) is 5.70. The second-order valence-corrected chi connectivity index (χ2v) is 11.5. The number of aromatic nitrogens is 1. The quantitative estimate of drug-likeness (QED) is 0.489. The average molecular weight is 522 g/mol. The molecule has 3 aliphatic heterocycles. The van der Waals surface area contributed by atoms with Crippen LogP contribution in [0.3, 0.4) is 0 Å². The van der Waals surface area contributed by atoms with E-state index < -0.39 is 5.67 Å². The molecule has 194 valence electrons. The van der Waals surface area contributed by atoms with Crippen LogP contribution in [0.15, 0.2) is 82.9 Å². The zero-order valence-corrected chi connectivity index (χ0v) is 21.8. The van der Waals surface area contributed by atoms with Crippen molar-refractivity contribution in [3.8, 4) is 0 Å².